The van der Waals surface area contributed by atoms with Gasteiger partial charge in [-0.1, -0.05) is 30.7 Å². The zero-order valence-corrected chi connectivity index (χ0v) is 22.8. The number of hydrogen-bond donors (Lipinski definition) is 0. The second-order valence-electron chi connectivity index (χ2n) is 11.8. The number of rotatable bonds is 6. The second-order valence-corrected chi connectivity index (χ2v) is 12.2. The van der Waals surface area contributed by atoms with Gasteiger partial charge in [-0.15, -0.1) is 0 Å². The second kappa shape index (κ2) is 9.60. The Morgan fingerprint density at radius 1 is 1.11 bits per heavy atom. The van der Waals surface area contributed by atoms with Crippen molar-refractivity contribution >= 4 is 28.3 Å². The van der Waals surface area contributed by atoms with E-state index in [4.69, 9.17) is 26.3 Å². The molecule has 7 rings (SSSR count). The minimum Gasteiger partial charge on any atom is -0.461 e. The van der Waals surface area contributed by atoms with Crippen LogP contribution in [0.4, 0.5) is 10.2 Å². The Hall–Kier alpha value is -2.51. The van der Waals surface area contributed by atoms with E-state index in [0.29, 0.717) is 40.8 Å². The highest BCUT2D eigenvalue weighted by molar-refractivity contribution is 6.31. The number of halogens is 2. The van der Waals surface area contributed by atoms with Gasteiger partial charge in [0.25, 0.3) is 0 Å². The Morgan fingerprint density at radius 3 is 2.61 bits per heavy atom. The molecule has 5 heterocycles. The number of piperidine rings is 1. The summed E-state index contributed by atoms with van der Waals surface area (Å²) in [4.78, 5) is 19.1. The summed E-state index contributed by atoms with van der Waals surface area (Å²) in [6.07, 6.45) is 10.9. The summed E-state index contributed by atoms with van der Waals surface area (Å²) in [6.45, 7) is 6.72. The fraction of sp³-hybridized carbons (Fsp3) is 0.567. The lowest BCUT2D eigenvalue weighted by Gasteiger charge is -2.34. The van der Waals surface area contributed by atoms with Crippen LogP contribution in [-0.2, 0) is 6.42 Å². The molecule has 200 valence electrons. The largest absolute Gasteiger partial charge is 0.461 e. The number of fused-ring (bicyclic) bond motifs is 4. The Balaban J connectivity index is 1.32. The summed E-state index contributed by atoms with van der Waals surface area (Å²) >= 11 is 6.48. The van der Waals surface area contributed by atoms with Gasteiger partial charge in [0.2, 0.25) is 0 Å². The minimum absolute atomic E-state index is 0.0709. The third-order valence-electron chi connectivity index (χ3n) is 9.56. The summed E-state index contributed by atoms with van der Waals surface area (Å²) in [5.74, 6) is 1.66. The SMILES string of the molecule is CCc1c(Cl)cccc1-c1ncc2c(N3CC4CCC(C4)C3)nc(OCC34CCCN3CCC4)nc2c1F. The minimum atomic E-state index is -0.436. The molecule has 3 aromatic rings. The fourth-order valence-corrected chi connectivity index (χ4v) is 8.00. The Kier molecular flexibility index (Phi) is 6.19. The van der Waals surface area contributed by atoms with Crippen molar-refractivity contribution in [3.63, 3.8) is 0 Å². The molecule has 0 radical (unpaired) electrons. The topological polar surface area (TPSA) is 54.4 Å². The Labute approximate surface area is 228 Å². The van der Waals surface area contributed by atoms with Gasteiger partial charge in [-0.05, 0) is 87.9 Å². The molecule has 2 atom stereocenters. The molecule has 1 aliphatic carbocycles. The van der Waals surface area contributed by atoms with Crippen LogP contribution in [0.1, 0.15) is 57.4 Å². The van der Waals surface area contributed by atoms with Crippen molar-refractivity contribution in [2.24, 2.45) is 11.8 Å². The average Bonchev–Trinajstić information content (AvgIpc) is 3.61. The maximum atomic E-state index is 16.4. The van der Waals surface area contributed by atoms with Crippen molar-refractivity contribution in [1.82, 2.24) is 19.9 Å². The molecular weight excluding hydrogens is 501 g/mol. The third-order valence-corrected chi connectivity index (χ3v) is 9.91. The van der Waals surface area contributed by atoms with Gasteiger partial charge in [0.05, 0.1) is 10.9 Å². The van der Waals surface area contributed by atoms with E-state index in [-0.39, 0.29) is 22.8 Å². The first-order valence-corrected chi connectivity index (χ1v) is 14.7. The normalized spacial score (nSPS) is 24.3. The lowest BCUT2D eigenvalue weighted by molar-refractivity contribution is 0.108. The average molecular weight is 536 g/mol. The fourth-order valence-electron chi connectivity index (χ4n) is 7.70. The predicted molar refractivity (Wildman–Crippen MR) is 148 cm³/mol. The molecule has 0 amide bonds. The van der Waals surface area contributed by atoms with Crippen LogP contribution in [0, 0.1) is 17.7 Å². The molecule has 8 heteroatoms. The summed E-state index contributed by atoms with van der Waals surface area (Å²) in [5.41, 5.74) is 2.23. The van der Waals surface area contributed by atoms with Crippen LogP contribution in [-0.4, -0.2) is 58.2 Å². The van der Waals surface area contributed by atoms with E-state index >= 15 is 4.39 Å². The van der Waals surface area contributed by atoms with Gasteiger partial charge in [-0.2, -0.15) is 9.97 Å². The van der Waals surface area contributed by atoms with Crippen LogP contribution in [0.3, 0.4) is 0 Å². The molecular formula is C30H35ClFN5O. The van der Waals surface area contributed by atoms with Gasteiger partial charge in [0.15, 0.2) is 5.82 Å². The molecule has 2 aromatic heterocycles. The number of pyridine rings is 1. The first-order chi connectivity index (χ1) is 18.5. The standard InChI is InChI=1S/C30H35ClFN5O/c1-2-21-22(6-3-7-24(21)31)26-25(32)27-23(15-33-26)28(36-16-19-8-9-20(14-19)17-36)35-29(34-27)38-18-30-10-4-12-37(30)13-5-11-30/h3,6-7,15,19-20H,2,4-5,8-14,16-18H2,1H3. The molecule has 0 spiro atoms. The van der Waals surface area contributed by atoms with Gasteiger partial charge in [-0.25, -0.2) is 4.39 Å². The third kappa shape index (κ3) is 4.04. The summed E-state index contributed by atoms with van der Waals surface area (Å²) in [6, 6.07) is 5.85. The Morgan fingerprint density at radius 2 is 1.87 bits per heavy atom. The monoisotopic (exact) mass is 535 g/mol. The van der Waals surface area contributed by atoms with E-state index in [9.17, 15) is 0 Å². The van der Waals surface area contributed by atoms with E-state index in [1.54, 1.807) is 6.20 Å². The van der Waals surface area contributed by atoms with Crippen molar-refractivity contribution in [2.75, 3.05) is 37.7 Å². The van der Waals surface area contributed by atoms with Gasteiger partial charge in [0, 0.05) is 29.9 Å². The van der Waals surface area contributed by atoms with Crippen molar-refractivity contribution in [3.05, 3.63) is 40.8 Å². The highest BCUT2D eigenvalue weighted by Gasteiger charge is 2.45. The smallest absolute Gasteiger partial charge is 0.319 e. The summed E-state index contributed by atoms with van der Waals surface area (Å²) < 4.78 is 22.7. The van der Waals surface area contributed by atoms with E-state index < -0.39 is 5.82 Å². The molecule has 6 nitrogen and oxygen atoms in total. The number of aromatic nitrogens is 3. The summed E-state index contributed by atoms with van der Waals surface area (Å²) in [5, 5.41) is 1.28. The molecule has 2 bridgehead atoms. The maximum Gasteiger partial charge on any atom is 0.319 e. The molecule has 4 aliphatic rings. The van der Waals surface area contributed by atoms with Crippen molar-refractivity contribution < 1.29 is 9.13 Å². The maximum absolute atomic E-state index is 16.4. The van der Waals surface area contributed by atoms with Crippen LogP contribution in [0.25, 0.3) is 22.2 Å². The molecule has 4 fully saturated rings. The molecule has 1 saturated carbocycles. The molecule has 38 heavy (non-hydrogen) atoms. The molecule has 2 unspecified atom stereocenters. The van der Waals surface area contributed by atoms with Crippen molar-refractivity contribution in [2.45, 2.75) is 63.8 Å². The van der Waals surface area contributed by atoms with E-state index in [1.807, 2.05) is 25.1 Å². The lowest BCUT2D eigenvalue weighted by Crippen LogP contribution is -2.43. The quantitative estimate of drug-likeness (QED) is 0.370. The first kappa shape index (κ1) is 24.5. The van der Waals surface area contributed by atoms with Gasteiger partial charge < -0.3 is 9.64 Å². The number of nitrogens with zero attached hydrogens (tertiary/aromatic N) is 5. The lowest BCUT2D eigenvalue weighted by atomic mass is 9.95. The number of ether oxygens (including phenoxy) is 1. The first-order valence-electron chi connectivity index (χ1n) is 14.3. The van der Waals surface area contributed by atoms with Crippen LogP contribution < -0.4 is 9.64 Å². The Bertz CT molecular complexity index is 1360. The highest BCUT2D eigenvalue weighted by atomic mass is 35.5. The van der Waals surface area contributed by atoms with Crippen molar-refractivity contribution in [3.8, 4) is 17.3 Å². The zero-order valence-electron chi connectivity index (χ0n) is 22.1. The predicted octanol–water partition coefficient (Wildman–Crippen LogP) is 6.29. The molecule has 1 aromatic carbocycles. The zero-order chi connectivity index (χ0) is 25.9. The van der Waals surface area contributed by atoms with Gasteiger partial charge >= 0.3 is 6.01 Å². The van der Waals surface area contributed by atoms with E-state index in [1.165, 1.54) is 32.1 Å². The van der Waals surface area contributed by atoms with E-state index in [0.717, 1.165) is 50.4 Å². The van der Waals surface area contributed by atoms with Crippen LogP contribution in [0.5, 0.6) is 6.01 Å². The summed E-state index contributed by atoms with van der Waals surface area (Å²) in [7, 11) is 0. The molecule has 0 N–H and O–H groups in total. The van der Waals surface area contributed by atoms with Crippen LogP contribution in [0.2, 0.25) is 5.02 Å². The number of anilines is 1. The molecule has 3 aliphatic heterocycles. The number of hydrogen-bond acceptors (Lipinski definition) is 6. The van der Waals surface area contributed by atoms with Crippen LogP contribution in [0.15, 0.2) is 24.4 Å². The van der Waals surface area contributed by atoms with Crippen molar-refractivity contribution in [1.29, 1.82) is 0 Å². The van der Waals surface area contributed by atoms with Gasteiger partial charge in [0.1, 0.15) is 23.6 Å². The van der Waals surface area contributed by atoms with Gasteiger partial charge in [-0.3, -0.25) is 9.88 Å². The van der Waals surface area contributed by atoms with E-state index in [2.05, 4.69) is 14.8 Å². The number of benzene rings is 1. The highest BCUT2D eigenvalue weighted by Crippen LogP contribution is 2.42. The van der Waals surface area contributed by atoms with Crippen LogP contribution >= 0.6 is 11.6 Å². The molecule has 3 saturated heterocycles.